The molecular formula is C15H18N2O3. The van der Waals surface area contributed by atoms with Crippen molar-refractivity contribution in [1.82, 2.24) is 5.32 Å². The van der Waals surface area contributed by atoms with Crippen LogP contribution < -0.4 is 11.1 Å². The fraction of sp³-hybridized carbons (Fsp3) is 0.333. The van der Waals surface area contributed by atoms with E-state index >= 15 is 0 Å². The number of aliphatic hydroxyl groups is 1. The Morgan fingerprint density at radius 2 is 2.05 bits per heavy atom. The molecule has 0 aromatic heterocycles. The first-order valence-electron chi connectivity index (χ1n) is 6.10. The van der Waals surface area contributed by atoms with Gasteiger partial charge in [-0.25, -0.2) is 0 Å². The van der Waals surface area contributed by atoms with Gasteiger partial charge < -0.3 is 16.2 Å². The molecule has 0 saturated carbocycles. The van der Waals surface area contributed by atoms with E-state index in [1.807, 2.05) is 13.0 Å². The molecule has 0 unspecified atom stereocenters. The quantitative estimate of drug-likeness (QED) is 0.694. The van der Waals surface area contributed by atoms with Crippen molar-refractivity contribution in [2.45, 2.75) is 26.3 Å². The lowest BCUT2D eigenvalue weighted by Gasteiger charge is -2.22. The van der Waals surface area contributed by atoms with Gasteiger partial charge in [0.2, 0.25) is 5.91 Å². The summed E-state index contributed by atoms with van der Waals surface area (Å²) in [6.45, 7) is 4.62. The van der Waals surface area contributed by atoms with Gasteiger partial charge in [-0.15, -0.1) is 0 Å². The molecule has 0 radical (unpaired) electrons. The summed E-state index contributed by atoms with van der Waals surface area (Å²) >= 11 is 0. The number of benzene rings is 1. The lowest BCUT2D eigenvalue weighted by atomic mass is 10.0. The van der Waals surface area contributed by atoms with Crippen molar-refractivity contribution in [3.05, 3.63) is 34.9 Å². The minimum Gasteiger partial charge on any atom is -0.384 e. The molecule has 5 heteroatoms. The van der Waals surface area contributed by atoms with Crippen LogP contribution in [0.5, 0.6) is 0 Å². The standard InChI is InChI=1S/C15H18N2O3/c1-10-6-7-11(5-4-8-18)12(9-10)13(19)17-15(2,3)14(16)20/h6-7,9,18H,8H2,1-3H3,(H2,16,20)(H,17,19). The van der Waals surface area contributed by atoms with Crippen LogP contribution in [0.4, 0.5) is 0 Å². The highest BCUT2D eigenvalue weighted by Crippen LogP contribution is 2.13. The second-order valence-corrected chi connectivity index (χ2v) is 4.95. The minimum absolute atomic E-state index is 0.290. The van der Waals surface area contributed by atoms with Gasteiger partial charge in [-0.05, 0) is 32.9 Å². The maximum atomic E-state index is 12.3. The lowest BCUT2D eigenvalue weighted by molar-refractivity contribution is -0.122. The first-order chi connectivity index (χ1) is 9.27. The number of rotatable bonds is 3. The normalized spacial score (nSPS) is 10.4. The molecule has 5 nitrogen and oxygen atoms in total. The molecular weight excluding hydrogens is 256 g/mol. The van der Waals surface area contributed by atoms with Crippen LogP contribution in [0.1, 0.15) is 35.3 Å². The Bertz CT molecular complexity index is 595. The Morgan fingerprint density at radius 3 is 2.60 bits per heavy atom. The van der Waals surface area contributed by atoms with Crippen LogP contribution >= 0.6 is 0 Å². The van der Waals surface area contributed by atoms with Crippen molar-refractivity contribution in [2.24, 2.45) is 5.73 Å². The number of primary amides is 1. The molecule has 0 spiro atoms. The Kier molecular flexibility index (Phi) is 4.89. The van der Waals surface area contributed by atoms with Crippen LogP contribution in [0.25, 0.3) is 0 Å². The highest BCUT2D eigenvalue weighted by atomic mass is 16.2. The fourth-order valence-electron chi connectivity index (χ4n) is 1.50. The topological polar surface area (TPSA) is 92.4 Å². The largest absolute Gasteiger partial charge is 0.384 e. The van der Waals surface area contributed by atoms with E-state index in [2.05, 4.69) is 17.2 Å². The zero-order valence-electron chi connectivity index (χ0n) is 11.8. The van der Waals surface area contributed by atoms with E-state index in [1.165, 1.54) is 13.8 Å². The van der Waals surface area contributed by atoms with E-state index in [4.69, 9.17) is 10.8 Å². The summed E-state index contributed by atoms with van der Waals surface area (Å²) in [6, 6.07) is 5.19. The zero-order chi connectivity index (χ0) is 15.3. The van der Waals surface area contributed by atoms with Crippen molar-refractivity contribution in [1.29, 1.82) is 0 Å². The second-order valence-electron chi connectivity index (χ2n) is 4.95. The third kappa shape index (κ3) is 3.84. The fourth-order valence-corrected chi connectivity index (χ4v) is 1.50. The van der Waals surface area contributed by atoms with Crippen LogP contribution in [-0.2, 0) is 4.79 Å². The van der Waals surface area contributed by atoms with Crippen LogP contribution in [-0.4, -0.2) is 29.1 Å². The number of amides is 2. The third-order valence-electron chi connectivity index (χ3n) is 2.76. The molecule has 0 saturated heterocycles. The van der Waals surface area contributed by atoms with Crippen molar-refractivity contribution in [3.8, 4) is 11.8 Å². The van der Waals surface area contributed by atoms with E-state index in [-0.39, 0.29) is 6.61 Å². The monoisotopic (exact) mass is 274 g/mol. The second kappa shape index (κ2) is 6.22. The van der Waals surface area contributed by atoms with Crippen molar-refractivity contribution in [3.63, 3.8) is 0 Å². The van der Waals surface area contributed by atoms with Gasteiger partial charge >= 0.3 is 0 Å². The highest BCUT2D eigenvalue weighted by molar-refractivity contribution is 6.00. The van der Waals surface area contributed by atoms with Crippen molar-refractivity contribution in [2.75, 3.05) is 6.61 Å². The molecule has 1 rings (SSSR count). The van der Waals surface area contributed by atoms with Crippen LogP contribution in [0.2, 0.25) is 0 Å². The third-order valence-corrected chi connectivity index (χ3v) is 2.76. The smallest absolute Gasteiger partial charge is 0.253 e. The molecule has 106 valence electrons. The van der Waals surface area contributed by atoms with Gasteiger partial charge in [-0.2, -0.15) is 0 Å². The summed E-state index contributed by atoms with van der Waals surface area (Å²) in [4.78, 5) is 23.5. The van der Waals surface area contributed by atoms with Crippen LogP contribution in [0.15, 0.2) is 18.2 Å². The average molecular weight is 274 g/mol. The molecule has 0 atom stereocenters. The molecule has 20 heavy (non-hydrogen) atoms. The highest BCUT2D eigenvalue weighted by Gasteiger charge is 2.28. The Morgan fingerprint density at radius 1 is 1.40 bits per heavy atom. The van der Waals surface area contributed by atoms with Gasteiger partial charge in [-0.3, -0.25) is 9.59 Å². The summed E-state index contributed by atoms with van der Waals surface area (Å²) in [5.41, 5.74) is 5.81. The minimum atomic E-state index is -1.15. The SMILES string of the molecule is Cc1ccc(C#CCO)c(C(=O)NC(C)(C)C(N)=O)c1. The maximum absolute atomic E-state index is 12.3. The summed E-state index contributed by atoms with van der Waals surface area (Å²) in [5.74, 6) is 4.15. The van der Waals surface area contributed by atoms with E-state index in [1.54, 1.807) is 12.1 Å². The predicted molar refractivity (Wildman–Crippen MR) is 75.9 cm³/mol. The summed E-state index contributed by atoms with van der Waals surface area (Å²) in [6.07, 6.45) is 0. The average Bonchev–Trinajstić information content (AvgIpc) is 2.36. The molecule has 0 aliphatic carbocycles. The van der Waals surface area contributed by atoms with E-state index < -0.39 is 17.4 Å². The predicted octanol–water partition coefficient (Wildman–Crippen LogP) is 0.333. The molecule has 0 aliphatic heterocycles. The molecule has 0 bridgehead atoms. The molecule has 0 fully saturated rings. The van der Waals surface area contributed by atoms with Crippen molar-refractivity contribution < 1.29 is 14.7 Å². The maximum Gasteiger partial charge on any atom is 0.253 e. The number of carbonyl (C=O) groups is 2. The molecule has 2 amide bonds. The summed E-state index contributed by atoms with van der Waals surface area (Å²) in [7, 11) is 0. The van der Waals surface area contributed by atoms with E-state index in [9.17, 15) is 9.59 Å². The number of nitrogens with two attached hydrogens (primary N) is 1. The zero-order valence-corrected chi connectivity index (χ0v) is 11.8. The van der Waals surface area contributed by atoms with E-state index in [0.717, 1.165) is 5.56 Å². The number of aliphatic hydroxyl groups excluding tert-OH is 1. The first kappa shape index (κ1) is 15.7. The van der Waals surface area contributed by atoms with Gasteiger partial charge in [0.25, 0.3) is 5.91 Å². The number of carbonyl (C=O) groups excluding carboxylic acids is 2. The lowest BCUT2D eigenvalue weighted by Crippen LogP contribution is -2.53. The Balaban J connectivity index is 3.15. The number of hydrogen-bond donors (Lipinski definition) is 3. The molecule has 0 heterocycles. The van der Waals surface area contributed by atoms with Crippen LogP contribution in [0, 0.1) is 18.8 Å². The molecule has 1 aromatic rings. The molecule has 4 N–H and O–H groups in total. The number of hydrogen-bond acceptors (Lipinski definition) is 3. The van der Waals surface area contributed by atoms with Gasteiger partial charge in [0, 0.05) is 5.56 Å². The number of nitrogens with one attached hydrogen (secondary N) is 1. The van der Waals surface area contributed by atoms with Gasteiger partial charge in [0.1, 0.15) is 12.1 Å². The molecule has 0 aliphatic rings. The van der Waals surface area contributed by atoms with Gasteiger partial charge in [0.15, 0.2) is 0 Å². The number of aryl methyl sites for hydroxylation is 1. The van der Waals surface area contributed by atoms with Crippen molar-refractivity contribution >= 4 is 11.8 Å². The molecule has 1 aromatic carbocycles. The summed E-state index contributed by atoms with van der Waals surface area (Å²) < 4.78 is 0. The van der Waals surface area contributed by atoms with Gasteiger partial charge in [-0.1, -0.05) is 23.5 Å². The Labute approximate surface area is 118 Å². The van der Waals surface area contributed by atoms with Crippen LogP contribution in [0.3, 0.4) is 0 Å². The summed E-state index contributed by atoms with van der Waals surface area (Å²) in [5, 5.41) is 11.3. The Hall–Kier alpha value is -2.32. The first-order valence-corrected chi connectivity index (χ1v) is 6.10. The van der Waals surface area contributed by atoms with E-state index in [0.29, 0.717) is 11.1 Å². The van der Waals surface area contributed by atoms with Gasteiger partial charge in [0.05, 0.1) is 5.56 Å².